The molecule has 1 aliphatic heterocycles. The van der Waals surface area contributed by atoms with E-state index < -0.39 is 48.2 Å². The molecule has 0 bridgehead atoms. The zero-order valence-electron chi connectivity index (χ0n) is 19.0. The lowest BCUT2D eigenvalue weighted by molar-refractivity contribution is -0.198. The molecule has 1 N–H and O–H groups in total. The minimum absolute atomic E-state index is 0.0323. The van der Waals surface area contributed by atoms with E-state index in [9.17, 15) is 13.5 Å². The molecule has 0 saturated carbocycles. The highest BCUT2D eigenvalue weighted by Crippen LogP contribution is 2.37. The second-order valence-electron chi connectivity index (χ2n) is 8.77. The van der Waals surface area contributed by atoms with Crippen molar-refractivity contribution in [2.75, 3.05) is 20.0 Å². The van der Waals surface area contributed by atoms with Crippen LogP contribution in [0.3, 0.4) is 0 Å². The summed E-state index contributed by atoms with van der Waals surface area (Å²) in [5.41, 5.74) is -2.00. The van der Waals surface area contributed by atoms with E-state index in [2.05, 4.69) is 0 Å². The standard InChI is InChI=1S/C23H31O7SSi/c1-22(2,3)28-16-19-20(30-31(5,25)26)21(24)23(27-4,29-19)32(17-12-8-6-9-13-17)18-14-10-7-11-15-18/h6-15,19-21,24H,16H2,1-5H3/t19-,20+,21-,23?/m1/s1. The molecular weight excluding hydrogens is 448 g/mol. The van der Waals surface area contributed by atoms with Crippen molar-refractivity contribution in [2.24, 2.45) is 0 Å². The molecule has 0 amide bonds. The average molecular weight is 480 g/mol. The minimum atomic E-state index is -3.88. The lowest BCUT2D eigenvalue weighted by Crippen LogP contribution is -2.67. The fourth-order valence-corrected chi connectivity index (χ4v) is 7.57. The third-order valence-electron chi connectivity index (χ3n) is 5.14. The largest absolute Gasteiger partial charge is 0.385 e. The maximum atomic E-state index is 12.0. The van der Waals surface area contributed by atoms with Gasteiger partial charge in [0, 0.05) is 7.11 Å². The third kappa shape index (κ3) is 5.66. The Morgan fingerprint density at radius 2 is 1.53 bits per heavy atom. The topological polar surface area (TPSA) is 91.3 Å². The Balaban J connectivity index is 2.10. The van der Waals surface area contributed by atoms with E-state index >= 15 is 0 Å². The van der Waals surface area contributed by atoms with Crippen LogP contribution in [-0.4, -0.2) is 71.6 Å². The SMILES string of the molecule is COC1([Si](c2ccccc2)c2ccccc2)O[C@H](COC(C)(C)C)[C@H](OS(C)(=O)=O)[C@H]1O. The zero-order valence-corrected chi connectivity index (χ0v) is 20.8. The Morgan fingerprint density at radius 3 is 1.94 bits per heavy atom. The molecule has 3 rings (SSSR count). The zero-order chi connectivity index (χ0) is 23.6. The molecule has 1 fully saturated rings. The van der Waals surface area contributed by atoms with E-state index in [4.69, 9.17) is 18.4 Å². The highest BCUT2D eigenvalue weighted by Gasteiger charge is 2.62. The summed E-state index contributed by atoms with van der Waals surface area (Å²) >= 11 is 0. The quantitative estimate of drug-likeness (QED) is 0.448. The predicted molar refractivity (Wildman–Crippen MR) is 124 cm³/mol. The molecular formula is C23H31O7SSi. The first-order valence-electron chi connectivity index (χ1n) is 10.4. The highest BCUT2D eigenvalue weighted by atomic mass is 32.2. The molecule has 2 aromatic rings. The van der Waals surface area contributed by atoms with E-state index in [-0.39, 0.29) is 6.61 Å². The summed E-state index contributed by atoms with van der Waals surface area (Å²) in [4.78, 5) is 0. The third-order valence-corrected chi connectivity index (χ3v) is 8.84. The molecule has 0 aliphatic carbocycles. The Kier molecular flexibility index (Phi) is 7.61. The van der Waals surface area contributed by atoms with Gasteiger partial charge in [-0.1, -0.05) is 71.0 Å². The van der Waals surface area contributed by atoms with Crippen LogP contribution in [0.5, 0.6) is 0 Å². The van der Waals surface area contributed by atoms with Gasteiger partial charge in [0.1, 0.15) is 18.3 Å². The van der Waals surface area contributed by atoms with Crippen LogP contribution in [0.2, 0.25) is 0 Å². The second kappa shape index (κ2) is 9.72. The first-order chi connectivity index (χ1) is 15.0. The van der Waals surface area contributed by atoms with Crippen LogP contribution in [0.25, 0.3) is 0 Å². The normalized spacial score (nSPS) is 26.5. The number of hydrogen-bond donors (Lipinski definition) is 1. The van der Waals surface area contributed by atoms with Crippen molar-refractivity contribution in [3.05, 3.63) is 60.7 Å². The van der Waals surface area contributed by atoms with Crippen molar-refractivity contribution in [1.29, 1.82) is 0 Å². The van der Waals surface area contributed by atoms with E-state index in [1.165, 1.54) is 7.11 Å². The molecule has 7 nitrogen and oxygen atoms in total. The maximum absolute atomic E-state index is 12.0. The molecule has 1 radical (unpaired) electrons. The summed E-state index contributed by atoms with van der Waals surface area (Å²) in [5.74, 6) is 0. The van der Waals surface area contributed by atoms with Crippen molar-refractivity contribution in [2.45, 2.75) is 50.1 Å². The van der Waals surface area contributed by atoms with Gasteiger partial charge in [-0.2, -0.15) is 8.42 Å². The summed E-state index contributed by atoms with van der Waals surface area (Å²) < 4.78 is 47.6. The molecule has 1 aliphatic rings. The summed E-state index contributed by atoms with van der Waals surface area (Å²) in [6, 6.07) is 19.3. The van der Waals surface area contributed by atoms with Gasteiger partial charge >= 0.3 is 0 Å². The van der Waals surface area contributed by atoms with Gasteiger partial charge in [0.25, 0.3) is 10.1 Å². The molecule has 1 saturated heterocycles. The number of hydrogen-bond acceptors (Lipinski definition) is 7. The molecule has 0 spiro atoms. The maximum Gasteiger partial charge on any atom is 0.264 e. The van der Waals surface area contributed by atoms with E-state index in [0.29, 0.717) is 0 Å². The van der Waals surface area contributed by atoms with Crippen molar-refractivity contribution >= 4 is 29.3 Å². The summed E-state index contributed by atoms with van der Waals surface area (Å²) in [6.45, 7) is 5.69. The number of aliphatic hydroxyl groups is 1. The van der Waals surface area contributed by atoms with Gasteiger partial charge < -0.3 is 19.3 Å². The van der Waals surface area contributed by atoms with Crippen LogP contribution in [0, 0.1) is 0 Å². The van der Waals surface area contributed by atoms with Gasteiger partial charge in [-0.25, -0.2) is 0 Å². The molecule has 175 valence electrons. The van der Waals surface area contributed by atoms with Gasteiger partial charge in [0.05, 0.1) is 18.5 Å². The van der Waals surface area contributed by atoms with Crippen molar-refractivity contribution in [1.82, 2.24) is 0 Å². The molecule has 32 heavy (non-hydrogen) atoms. The monoisotopic (exact) mass is 479 g/mol. The summed E-state index contributed by atoms with van der Waals surface area (Å²) in [5, 5.41) is 13.4. The minimum Gasteiger partial charge on any atom is -0.385 e. The fourth-order valence-electron chi connectivity index (χ4n) is 3.82. The van der Waals surface area contributed by atoms with Crippen LogP contribution in [0.1, 0.15) is 20.8 Å². The summed E-state index contributed by atoms with van der Waals surface area (Å²) in [7, 11) is -4.35. The Hall–Kier alpha value is -1.59. The molecule has 2 aromatic carbocycles. The molecule has 9 heteroatoms. The fraction of sp³-hybridized carbons (Fsp3) is 0.478. The van der Waals surface area contributed by atoms with Gasteiger partial charge in [0.15, 0.2) is 14.2 Å². The highest BCUT2D eigenvalue weighted by molar-refractivity contribution is 7.86. The van der Waals surface area contributed by atoms with Crippen LogP contribution in [-0.2, 0) is 28.5 Å². The predicted octanol–water partition coefficient (Wildman–Crippen LogP) is 1.10. The first-order valence-corrected chi connectivity index (χ1v) is 13.7. The van der Waals surface area contributed by atoms with Gasteiger partial charge in [-0.3, -0.25) is 4.18 Å². The first kappa shape index (κ1) is 25.0. The van der Waals surface area contributed by atoms with Crippen LogP contribution >= 0.6 is 0 Å². The van der Waals surface area contributed by atoms with Gasteiger partial charge in [-0.05, 0) is 20.8 Å². The van der Waals surface area contributed by atoms with Gasteiger partial charge in [-0.15, -0.1) is 0 Å². The van der Waals surface area contributed by atoms with Crippen molar-refractivity contribution in [3.63, 3.8) is 0 Å². The number of aliphatic hydroxyl groups excluding tert-OH is 1. The lowest BCUT2D eigenvalue weighted by atomic mass is 10.1. The number of ether oxygens (including phenoxy) is 3. The van der Waals surface area contributed by atoms with Crippen LogP contribution in [0.4, 0.5) is 0 Å². The molecule has 4 atom stereocenters. The van der Waals surface area contributed by atoms with E-state index in [1.54, 1.807) is 0 Å². The van der Waals surface area contributed by atoms with E-state index in [0.717, 1.165) is 16.6 Å². The Morgan fingerprint density at radius 1 is 1.03 bits per heavy atom. The molecule has 1 unspecified atom stereocenters. The van der Waals surface area contributed by atoms with E-state index in [1.807, 2.05) is 81.4 Å². The average Bonchev–Trinajstić information content (AvgIpc) is 2.99. The number of rotatable bonds is 8. The lowest BCUT2D eigenvalue weighted by Gasteiger charge is -2.37. The van der Waals surface area contributed by atoms with Gasteiger partial charge in [0.2, 0.25) is 0 Å². The van der Waals surface area contributed by atoms with Crippen molar-refractivity contribution in [3.8, 4) is 0 Å². The second-order valence-corrected chi connectivity index (χ2v) is 13.0. The Labute approximate surface area is 192 Å². The van der Waals surface area contributed by atoms with Crippen LogP contribution in [0.15, 0.2) is 60.7 Å². The number of methoxy groups -OCH3 is 1. The van der Waals surface area contributed by atoms with Crippen molar-refractivity contribution < 1.29 is 31.9 Å². The number of benzene rings is 2. The van der Waals surface area contributed by atoms with Crippen LogP contribution < -0.4 is 10.4 Å². The molecule has 0 aromatic heterocycles. The smallest absolute Gasteiger partial charge is 0.264 e. The summed E-state index contributed by atoms with van der Waals surface area (Å²) in [6.07, 6.45) is -2.45. The molecule has 1 heterocycles. The Bertz CT molecular complexity index is 939.